The average Bonchev–Trinajstić information content (AvgIpc) is 3.05. The van der Waals surface area contributed by atoms with E-state index < -0.39 is 5.97 Å². The molecule has 2 aromatic rings. The molecule has 0 N–H and O–H groups in total. The second-order valence-electron chi connectivity index (χ2n) is 6.68. The lowest BCUT2D eigenvalue weighted by atomic mass is 10.0. The summed E-state index contributed by atoms with van der Waals surface area (Å²) in [4.78, 5) is 28.7. The lowest BCUT2D eigenvalue weighted by Crippen LogP contribution is -2.20. The molecule has 0 spiro atoms. The van der Waals surface area contributed by atoms with Gasteiger partial charge in [-0.25, -0.2) is 4.79 Å². The van der Waals surface area contributed by atoms with Crippen LogP contribution in [0.5, 0.6) is 0 Å². The molecule has 3 rings (SSSR count). The molecule has 0 fully saturated rings. The number of halogens is 1. The van der Waals surface area contributed by atoms with Crippen LogP contribution < -0.4 is 0 Å². The van der Waals surface area contributed by atoms with Crippen molar-refractivity contribution in [3.05, 3.63) is 63.1 Å². The molecule has 1 aliphatic heterocycles. The lowest BCUT2D eigenvalue weighted by Gasteiger charge is -2.11. The third-order valence-corrected chi connectivity index (χ3v) is 5.26. The highest BCUT2D eigenvalue weighted by Gasteiger charge is 2.32. The Morgan fingerprint density at radius 2 is 1.89 bits per heavy atom. The number of aryl methyl sites for hydroxylation is 2. The van der Waals surface area contributed by atoms with Crippen LogP contribution in [0.2, 0.25) is 5.02 Å². The number of methoxy groups -OCH3 is 1. The largest absolute Gasteiger partial charge is 0.465 e. The van der Waals surface area contributed by atoms with Crippen molar-refractivity contribution >= 4 is 29.1 Å². The normalized spacial score (nSPS) is 14.0. The number of rotatable bonds is 4. The number of carbonyl (C=O) groups excluding carboxylic acids is 2. The quantitative estimate of drug-likeness (QED) is 0.589. The second kappa shape index (κ2) is 7.16. The van der Waals surface area contributed by atoms with Gasteiger partial charge in [0, 0.05) is 28.5 Å². The standard InChI is InChI=1S/C21H21ClN2O3/c1-11-6-7-16(10-17(11)22)24-12(2)8-15(14(24)4)9-18-20(25)19(13(3)23-18)21(26)27-5/h6-8,10H,9H2,1-5H3. The number of ketones is 1. The van der Waals surface area contributed by atoms with Crippen molar-refractivity contribution in [1.29, 1.82) is 0 Å². The number of hydrogen-bond donors (Lipinski definition) is 0. The summed E-state index contributed by atoms with van der Waals surface area (Å²) >= 11 is 6.28. The number of allylic oxidation sites excluding steroid dienone is 1. The fourth-order valence-electron chi connectivity index (χ4n) is 3.39. The van der Waals surface area contributed by atoms with Gasteiger partial charge in [0.05, 0.1) is 18.5 Å². The van der Waals surface area contributed by atoms with Crippen molar-refractivity contribution in [2.45, 2.75) is 34.1 Å². The first-order chi connectivity index (χ1) is 12.7. The monoisotopic (exact) mass is 384 g/mol. The predicted octanol–water partition coefficient (Wildman–Crippen LogP) is 4.07. The fraction of sp³-hybridized carbons (Fsp3) is 0.286. The summed E-state index contributed by atoms with van der Waals surface area (Å²) in [5.74, 6) is -1.00. The van der Waals surface area contributed by atoms with Crippen LogP contribution in [0.1, 0.15) is 29.4 Å². The highest BCUT2D eigenvalue weighted by molar-refractivity contribution is 6.53. The lowest BCUT2D eigenvalue weighted by molar-refractivity contribution is -0.137. The van der Waals surface area contributed by atoms with Crippen LogP contribution in [0.25, 0.3) is 5.69 Å². The molecule has 1 aromatic heterocycles. The molecule has 0 unspecified atom stereocenters. The van der Waals surface area contributed by atoms with Crippen LogP contribution >= 0.6 is 11.6 Å². The van der Waals surface area contributed by atoms with Gasteiger partial charge >= 0.3 is 5.97 Å². The van der Waals surface area contributed by atoms with E-state index in [-0.39, 0.29) is 11.4 Å². The van der Waals surface area contributed by atoms with Gasteiger partial charge in [-0.15, -0.1) is 0 Å². The minimum Gasteiger partial charge on any atom is -0.465 e. The molecule has 0 amide bonds. The van der Waals surface area contributed by atoms with E-state index in [1.807, 2.05) is 45.0 Å². The van der Waals surface area contributed by atoms with Crippen LogP contribution in [0.3, 0.4) is 0 Å². The summed E-state index contributed by atoms with van der Waals surface area (Å²) in [6, 6.07) is 7.96. The molecule has 0 atom stereocenters. The molecule has 1 aliphatic rings. The Labute approximate surface area is 163 Å². The highest BCUT2D eigenvalue weighted by Crippen LogP contribution is 2.27. The van der Waals surface area contributed by atoms with E-state index in [1.165, 1.54) is 7.11 Å². The van der Waals surface area contributed by atoms with Gasteiger partial charge in [0.2, 0.25) is 5.78 Å². The maximum absolute atomic E-state index is 12.6. The smallest absolute Gasteiger partial charge is 0.343 e. The first-order valence-corrected chi connectivity index (χ1v) is 8.98. The first-order valence-electron chi connectivity index (χ1n) is 8.60. The number of carbonyl (C=O) groups is 2. The maximum atomic E-state index is 12.6. The van der Waals surface area contributed by atoms with Crippen molar-refractivity contribution in [1.82, 2.24) is 4.57 Å². The number of benzene rings is 1. The number of hydrogen-bond acceptors (Lipinski definition) is 4. The van der Waals surface area contributed by atoms with Crippen molar-refractivity contribution in [3.8, 4) is 5.69 Å². The summed E-state index contributed by atoms with van der Waals surface area (Å²) in [5.41, 5.74) is 5.79. The number of Topliss-reactive ketones (excluding diaryl/α,β-unsaturated/α-hetero) is 1. The molecule has 0 saturated heterocycles. The number of nitrogens with zero attached hydrogens (tertiary/aromatic N) is 2. The van der Waals surface area contributed by atoms with E-state index in [2.05, 4.69) is 9.56 Å². The summed E-state index contributed by atoms with van der Waals surface area (Å²) in [6.07, 6.45) is 0.357. The Bertz CT molecular complexity index is 1030. The number of esters is 1. The Balaban J connectivity index is 1.93. The van der Waals surface area contributed by atoms with Gasteiger partial charge in [0.15, 0.2) is 0 Å². The molecule has 27 heavy (non-hydrogen) atoms. The van der Waals surface area contributed by atoms with E-state index >= 15 is 0 Å². The van der Waals surface area contributed by atoms with Crippen molar-refractivity contribution < 1.29 is 14.3 Å². The molecular formula is C21H21ClN2O3. The van der Waals surface area contributed by atoms with E-state index in [0.29, 0.717) is 22.9 Å². The molecule has 1 aromatic carbocycles. The zero-order chi connectivity index (χ0) is 19.9. The summed E-state index contributed by atoms with van der Waals surface area (Å²) in [7, 11) is 1.26. The zero-order valence-corrected chi connectivity index (χ0v) is 16.8. The van der Waals surface area contributed by atoms with Gasteiger partial charge in [-0.1, -0.05) is 17.7 Å². The third-order valence-electron chi connectivity index (χ3n) is 4.85. The Morgan fingerprint density at radius 3 is 2.52 bits per heavy atom. The Hall–Kier alpha value is -2.66. The molecule has 2 heterocycles. The van der Waals surface area contributed by atoms with E-state index in [0.717, 1.165) is 28.2 Å². The van der Waals surface area contributed by atoms with E-state index in [1.54, 1.807) is 6.92 Å². The van der Waals surface area contributed by atoms with Crippen LogP contribution in [-0.2, 0) is 20.7 Å². The van der Waals surface area contributed by atoms with Gasteiger partial charge in [0.25, 0.3) is 0 Å². The highest BCUT2D eigenvalue weighted by atomic mass is 35.5. The minimum atomic E-state index is -0.643. The molecule has 0 saturated carbocycles. The van der Waals surface area contributed by atoms with Crippen LogP contribution in [0, 0.1) is 20.8 Å². The molecule has 0 aliphatic carbocycles. The summed E-state index contributed by atoms with van der Waals surface area (Å²) in [5, 5.41) is 0.708. The zero-order valence-electron chi connectivity index (χ0n) is 16.0. The Kier molecular flexibility index (Phi) is 5.07. The summed E-state index contributed by atoms with van der Waals surface area (Å²) < 4.78 is 6.79. The third kappa shape index (κ3) is 3.35. The average molecular weight is 385 g/mol. The van der Waals surface area contributed by atoms with Gasteiger partial charge in [-0.05, 0) is 57.0 Å². The summed E-state index contributed by atoms with van der Waals surface area (Å²) in [6.45, 7) is 7.61. The maximum Gasteiger partial charge on any atom is 0.343 e. The van der Waals surface area contributed by atoms with Crippen molar-refractivity contribution in [2.24, 2.45) is 4.99 Å². The minimum absolute atomic E-state index is 0.0200. The van der Waals surface area contributed by atoms with Gasteiger partial charge < -0.3 is 9.30 Å². The van der Waals surface area contributed by atoms with Crippen LogP contribution in [-0.4, -0.2) is 29.1 Å². The molecule has 0 radical (unpaired) electrons. The van der Waals surface area contributed by atoms with Crippen molar-refractivity contribution in [2.75, 3.05) is 7.11 Å². The second-order valence-corrected chi connectivity index (χ2v) is 7.09. The fourth-order valence-corrected chi connectivity index (χ4v) is 3.56. The molecular weight excluding hydrogens is 364 g/mol. The SMILES string of the molecule is COC(=O)C1=C(C)N=C(Cc2cc(C)n(-c3ccc(C)c(Cl)c3)c2C)C1=O. The molecule has 6 heteroatoms. The Morgan fingerprint density at radius 1 is 1.19 bits per heavy atom. The topological polar surface area (TPSA) is 60.7 Å². The number of aliphatic imine (C=N–C) groups is 1. The van der Waals surface area contributed by atoms with E-state index in [4.69, 9.17) is 16.3 Å². The van der Waals surface area contributed by atoms with E-state index in [9.17, 15) is 9.59 Å². The van der Waals surface area contributed by atoms with Gasteiger partial charge in [-0.3, -0.25) is 9.79 Å². The molecule has 0 bridgehead atoms. The predicted molar refractivity (Wildman–Crippen MR) is 106 cm³/mol. The van der Waals surface area contributed by atoms with Crippen LogP contribution in [0.15, 0.2) is 40.5 Å². The molecule has 140 valence electrons. The first kappa shape index (κ1) is 19.1. The number of ether oxygens (including phenoxy) is 1. The number of aromatic nitrogens is 1. The van der Waals surface area contributed by atoms with Gasteiger partial charge in [0.1, 0.15) is 5.57 Å². The van der Waals surface area contributed by atoms with Crippen molar-refractivity contribution in [3.63, 3.8) is 0 Å². The van der Waals surface area contributed by atoms with Crippen LogP contribution in [0.4, 0.5) is 0 Å². The molecule has 5 nitrogen and oxygen atoms in total. The van der Waals surface area contributed by atoms with Gasteiger partial charge in [-0.2, -0.15) is 0 Å².